The fraction of sp³-hybridized carbons (Fsp3) is 0.846. The van der Waals surface area contributed by atoms with E-state index in [1.54, 1.807) is 11.9 Å². The first kappa shape index (κ1) is 15.8. The Bertz CT molecular complexity index is 316. The minimum atomic E-state index is -0.835. The van der Waals surface area contributed by atoms with Crippen molar-refractivity contribution >= 4 is 12.0 Å². The van der Waals surface area contributed by atoms with E-state index in [1.165, 1.54) is 0 Å². The zero-order valence-electron chi connectivity index (χ0n) is 11.6. The van der Waals surface area contributed by atoms with Crippen LogP contribution in [0.1, 0.15) is 32.6 Å². The van der Waals surface area contributed by atoms with Crippen LogP contribution >= 0.6 is 0 Å². The van der Waals surface area contributed by atoms with Crippen LogP contribution in [-0.4, -0.2) is 53.4 Å². The number of aliphatic hydroxyl groups is 1. The molecule has 2 amide bonds. The molecule has 6 nitrogen and oxygen atoms in total. The minimum absolute atomic E-state index is 0.0274. The summed E-state index contributed by atoms with van der Waals surface area (Å²) >= 11 is 0. The first-order chi connectivity index (χ1) is 8.92. The molecular weight excluding hydrogens is 248 g/mol. The molecule has 3 N–H and O–H groups in total. The van der Waals surface area contributed by atoms with E-state index in [1.807, 2.05) is 6.92 Å². The number of rotatable bonds is 7. The van der Waals surface area contributed by atoms with Crippen molar-refractivity contribution in [1.29, 1.82) is 0 Å². The number of hydrogen-bond donors (Lipinski definition) is 3. The fourth-order valence-corrected chi connectivity index (χ4v) is 2.29. The molecule has 1 saturated carbocycles. The quantitative estimate of drug-likeness (QED) is 0.642. The van der Waals surface area contributed by atoms with Crippen LogP contribution in [0.5, 0.6) is 0 Å². The third-order valence-corrected chi connectivity index (χ3v) is 3.67. The van der Waals surface area contributed by atoms with Crippen LogP contribution in [0.2, 0.25) is 0 Å². The number of aliphatic carboxylic acids is 1. The minimum Gasteiger partial charge on any atom is -0.481 e. The Labute approximate surface area is 113 Å². The number of carboxylic acid groups (broad SMARTS) is 1. The monoisotopic (exact) mass is 272 g/mol. The second-order valence-electron chi connectivity index (χ2n) is 5.43. The molecule has 1 unspecified atom stereocenters. The zero-order valence-corrected chi connectivity index (χ0v) is 11.6. The molecule has 0 aromatic heterocycles. The predicted molar refractivity (Wildman–Crippen MR) is 70.8 cm³/mol. The molecule has 1 aliphatic rings. The lowest BCUT2D eigenvalue weighted by atomic mass is 9.82. The summed E-state index contributed by atoms with van der Waals surface area (Å²) in [6, 6.07) is -0.176. The van der Waals surface area contributed by atoms with Crippen LogP contribution in [0.4, 0.5) is 4.79 Å². The van der Waals surface area contributed by atoms with E-state index in [0.29, 0.717) is 19.0 Å². The number of nitrogens with one attached hydrogen (secondary N) is 1. The number of carboxylic acids is 1. The van der Waals surface area contributed by atoms with Crippen molar-refractivity contribution in [2.75, 3.05) is 20.1 Å². The van der Waals surface area contributed by atoms with Crippen molar-refractivity contribution in [2.45, 2.75) is 38.7 Å². The molecular formula is C13H24N2O4. The SMILES string of the molecule is CCC(CNC(=O)N(C)CC1CC(O)C1)CC(=O)O. The van der Waals surface area contributed by atoms with Gasteiger partial charge >= 0.3 is 12.0 Å². The van der Waals surface area contributed by atoms with Gasteiger partial charge in [0.15, 0.2) is 0 Å². The zero-order chi connectivity index (χ0) is 14.4. The molecule has 1 atom stereocenters. The average molecular weight is 272 g/mol. The van der Waals surface area contributed by atoms with E-state index in [0.717, 1.165) is 19.3 Å². The van der Waals surface area contributed by atoms with Crippen LogP contribution in [0.15, 0.2) is 0 Å². The summed E-state index contributed by atoms with van der Waals surface area (Å²) in [5, 5.41) is 20.7. The highest BCUT2D eigenvalue weighted by molar-refractivity contribution is 5.74. The lowest BCUT2D eigenvalue weighted by molar-refractivity contribution is -0.138. The third-order valence-electron chi connectivity index (χ3n) is 3.67. The molecule has 0 bridgehead atoms. The van der Waals surface area contributed by atoms with Gasteiger partial charge in [-0.15, -0.1) is 0 Å². The summed E-state index contributed by atoms with van der Waals surface area (Å²) in [4.78, 5) is 24.0. The molecule has 110 valence electrons. The molecule has 19 heavy (non-hydrogen) atoms. The average Bonchev–Trinajstić information content (AvgIpc) is 2.31. The number of carbonyl (C=O) groups excluding carboxylic acids is 1. The van der Waals surface area contributed by atoms with Crippen molar-refractivity contribution in [1.82, 2.24) is 10.2 Å². The standard InChI is InChI=1S/C13H24N2O4/c1-3-9(6-12(17)18)7-14-13(19)15(2)8-10-4-11(16)5-10/h9-11,16H,3-8H2,1-2H3,(H,14,19)(H,17,18). The van der Waals surface area contributed by atoms with Crippen molar-refractivity contribution in [2.24, 2.45) is 11.8 Å². The Morgan fingerprint density at radius 1 is 1.42 bits per heavy atom. The number of nitrogens with zero attached hydrogens (tertiary/aromatic N) is 1. The molecule has 1 rings (SSSR count). The molecule has 0 aromatic carbocycles. The summed E-state index contributed by atoms with van der Waals surface area (Å²) in [6.45, 7) is 2.94. The Morgan fingerprint density at radius 2 is 2.05 bits per heavy atom. The van der Waals surface area contributed by atoms with Gasteiger partial charge in [0, 0.05) is 26.6 Å². The molecule has 0 aliphatic heterocycles. The van der Waals surface area contributed by atoms with Gasteiger partial charge in [0.25, 0.3) is 0 Å². The van der Waals surface area contributed by atoms with Gasteiger partial charge in [-0.05, 0) is 24.7 Å². The van der Waals surface area contributed by atoms with Crippen molar-refractivity contribution in [3.05, 3.63) is 0 Å². The van der Waals surface area contributed by atoms with Crippen LogP contribution in [0, 0.1) is 11.8 Å². The van der Waals surface area contributed by atoms with Gasteiger partial charge in [-0.3, -0.25) is 4.79 Å². The molecule has 0 spiro atoms. The van der Waals surface area contributed by atoms with E-state index in [-0.39, 0.29) is 24.5 Å². The van der Waals surface area contributed by atoms with Gasteiger partial charge in [0.2, 0.25) is 0 Å². The second kappa shape index (κ2) is 7.33. The van der Waals surface area contributed by atoms with E-state index >= 15 is 0 Å². The van der Waals surface area contributed by atoms with Crippen LogP contribution in [0.25, 0.3) is 0 Å². The van der Waals surface area contributed by atoms with Crippen molar-refractivity contribution in [3.8, 4) is 0 Å². The van der Waals surface area contributed by atoms with Gasteiger partial charge in [-0.1, -0.05) is 13.3 Å². The highest BCUT2D eigenvalue weighted by atomic mass is 16.4. The van der Waals surface area contributed by atoms with Gasteiger partial charge in [-0.25, -0.2) is 4.79 Å². The summed E-state index contributed by atoms with van der Waals surface area (Å²) in [6.07, 6.45) is 2.12. The number of urea groups is 1. The normalized spacial score (nSPS) is 23.3. The van der Waals surface area contributed by atoms with Crippen LogP contribution < -0.4 is 5.32 Å². The van der Waals surface area contributed by atoms with E-state index in [9.17, 15) is 14.7 Å². The lowest BCUT2D eigenvalue weighted by Gasteiger charge is -2.34. The molecule has 0 radical (unpaired) electrons. The maximum absolute atomic E-state index is 11.8. The largest absolute Gasteiger partial charge is 0.481 e. The van der Waals surface area contributed by atoms with Gasteiger partial charge in [0.05, 0.1) is 6.10 Å². The molecule has 0 saturated heterocycles. The molecule has 0 aromatic rings. The fourth-order valence-electron chi connectivity index (χ4n) is 2.29. The van der Waals surface area contributed by atoms with Gasteiger partial charge in [-0.2, -0.15) is 0 Å². The maximum atomic E-state index is 11.8. The summed E-state index contributed by atoms with van der Waals surface area (Å²) in [7, 11) is 1.72. The highest BCUT2D eigenvalue weighted by Gasteiger charge is 2.29. The topological polar surface area (TPSA) is 89.9 Å². The number of hydrogen-bond acceptors (Lipinski definition) is 3. The van der Waals surface area contributed by atoms with Crippen LogP contribution in [-0.2, 0) is 4.79 Å². The maximum Gasteiger partial charge on any atom is 0.317 e. The van der Waals surface area contributed by atoms with E-state index in [2.05, 4.69) is 5.32 Å². The molecule has 6 heteroatoms. The first-order valence-corrected chi connectivity index (χ1v) is 6.81. The smallest absolute Gasteiger partial charge is 0.317 e. The van der Waals surface area contributed by atoms with Crippen molar-refractivity contribution < 1.29 is 19.8 Å². The van der Waals surface area contributed by atoms with E-state index in [4.69, 9.17) is 5.11 Å². The van der Waals surface area contributed by atoms with Crippen LogP contribution in [0.3, 0.4) is 0 Å². The Kier molecular flexibility index (Phi) is 6.08. The Hall–Kier alpha value is -1.30. The number of carbonyl (C=O) groups is 2. The Morgan fingerprint density at radius 3 is 2.53 bits per heavy atom. The predicted octanol–water partition coefficient (Wildman–Crippen LogP) is 0.900. The molecule has 1 aliphatic carbocycles. The molecule has 0 heterocycles. The third kappa shape index (κ3) is 5.46. The molecule has 1 fully saturated rings. The second-order valence-corrected chi connectivity index (χ2v) is 5.43. The van der Waals surface area contributed by atoms with Gasteiger partial charge < -0.3 is 20.4 Å². The summed E-state index contributed by atoms with van der Waals surface area (Å²) in [5.74, 6) is -0.481. The summed E-state index contributed by atoms with van der Waals surface area (Å²) in [5.41, 5.74) is 0. The highest BCUT2D eigenvalue weighted by Crippen LogP contribution is 2.27. The number of amides is 2. The summed E-state index contributed by atoms with van der Waals surface area (Å²) < 4.78 is 0. The van der Waals surface area contributed by atoms with Gasteiger partial charge in [0.1, 0.15) is 0 Å². The van der Waals surface area contributed by atoms with Crippen molar-refractivity contribution in [3.63, 3.8) is 0 Å². The number of aliphatic hydroxyl groups excluding tert-OH is 1. The first-order valence-electron chi connectivity index (χ1n) is 6.81. The lowest BCUT2D eigenvalue weighted by Crippen LogP contribution is -2.44. The Balaban J connectivity index is 2.23. The van der Waals surface area contributed by atoms with E-state index < -0.39 is 5.97 Å².